The van der Waals surface area contributed by atoms with Crippen molar-refractivity contribution in [3.05, 3.63) is 35.9 Å². The molecule has 0 unspecified atom stereocenters. The maximum Gasteiger partial charge on any atom is 0.227 e. The number of likely N-dealkylation sites (N-methyl/N-ethyl adjacent to an activating group) is 1. The van der Waals surface area contributed by atoms with Gasteiger partial charge in [0.1, 0.15) is 0 Å². The minimum absolute atomic E-state index is 0.201. The highest BCUT2D eigenvalue weighted by Gasteiger charge is 2.42. The van der Waals surface area contributed by atoms with Crippen molar-refractivity contribution in [3.8, 4) is 0 Å². The van der Waals surface area contributed by atoms with Gasteiger partial charge in [0.05, 0.1) is 6.42 Å². The first-order valence-corrected chi connectivity index (χ1v) is 8.23. The summed E-state index contributed by atoms with van der Waals surface area (Å²) in [5, 5.41) is 0. The van der Waals surface area contributed by atoms with Crippen LogP contribution in [0.1, 0.15) is 19.4 Å². The smallest absolute Gasteiger partial charge is 0.227 e. The second kappa shape index (κ2) is 6.01. The molecule has 0 saturated carbocycles. The van der Waals surface area contributed by atoms with E-state index in [0.717, 1.165) is 38.3 Å². The van der Waals surface area contributed by atoms with E-state index in [0.29, 0.717) is 12.5 Å². The Morgan fingerprint density at radius 2 is 1.91 bits per heavy atom. The summed E-state index contributed by atoms with van der Waals surface area (Å²) in [6.45, 7) is 9.50. The average molecular weight is 301 g/mol. The first-order valence-electron chi connectivity index (χ1n) is 8.23. The van der Waals surface area contributed by atoms with Crippen LogP contribution >= 0.6 is 0 Å². The van der Waals surface area contributed by atoms with Crippen LogP contribution in [-0.4, -0.2) is 72.0 Å². The number of carbonyl (C=O) groups is 1. The molecule has 0 bridgehead atoms. The fraction of sp³-hybridized carbons (Fsp3) is 0.611. The summed E-state index contributed by atoms with van der Waals surface area (Å²) < 4.78 is 0. The summed E-state index contributed by atoms with van der Waals surface area (Å²) in [4.78, 5) is 19.6. The average Bonchev–Trinajstić information content (AvgIpc) is 2.46. The van der Waals surface area contributed by atoms with Gasteiger partial charge in [-0.05, 0) is 26.5 Å². The molecule has 0 spiro atoms. The molecule has 120 valence electrons. The molecule has 0 aromatic heterocycles. The van der Waals surface area contributed by atoms with Gasteiger partial charge in [-0.3, -0.25) is 9.69 Å². The van der Waals surface area contributed by atoms with Crippen molar-refractivity contribution in [2.75, 3.05) is 39.8 Å². The highest BCUT2D eigenvalue weighted by atomic mass is 16.2. The SMILES string of the molecule is CN1C[C@@H]2CN(C(=O)Cc3ccccc3)CCN2C(C)(C)C1. The summed E-state index contributed by atoms with van der Waals surface area (Å²) in [6.07, 6.45) is 0.521. The van der Waals surface area contributed by atoms with Crippen LogP contribution in [0, 0.1) is 0 Å². The van der Waals surface area contributed by atoms with E-state index in [1.54, 1.807) is 0 Å². The van der Waals surface area contributed by atoms with E-state index in [9.17, 15) is 4.79 Å². The zero-order valence-corrected chi connectivity index (χ0v) is 14.0. The predicted molar refractivity (Wildman–Crippen MR) is 88.8 cm³/mol. The summed E-state index contributed by atoms with van der Waals surface area (Å²) in [5.41, 5.74) is 1.31. The van der Waals surface area contributed by atoms with Crippen LogP contribution in [0.3, 0.4) is 0 Å². The lowest BCUT2D eigenvalue weighted by atomic mass is 9.93. The van der Waals surface area contributed by atoms with E-state index in [-0.39, 0.29) is 11.4 Å². The van der Waals surface area contributed by atoms with Crippen LogP contribution in [0.4, 0.5) is 0 Å². The number of hydrogen-bond donors (Lipinski definition) is 0. The molecule has 4 nitrogen and oxygen atoms in total. The Hall–Kier alpha value is -1.39. The van der Waals surface area contributed by atoms with Crippen LogP contribution in [0.15, 0.2) is 30.3 Å². The molecular formula is C18H27N3O. The van der Waals surface area contributed by atoms with Crippen molar-refractivity contribution in [3.63, 3.8) is 0 Å². The van der Waals surface area contributed by atoms with Gasteiger partial charge in [-0.1, -0.05) is 30.3 Å². The van der Waals surface area contributed by atoms with Gasteiger partial charge in [-0.15, -0.1) is 0 Å². The quantitative estimate of drug-likeness (QED) is 0.827. The maximum absolute atomic E-state index is 12.6. The van der Waals surface area contributed by atoms with E-state index < -0.39 is 0 Å². The van der Waals surface area contributed by atoms with Gasteiger partial charge in [0, 0.05) is 44.3 Å². The second-order valence-corrected chi connectivity index (χ2v) is 7.36. The highest BCUT2D eigenvalue weighted by Crippen LogP contribution is 2.27. The highest BCUT2D eigenvalue weighted by molar-refractivity contribution is 5.79. The fourth-order valence-corrected chi connectivity index (χ4v) is 4.09. The fourth-order valence-electron chi connectivity index (χ4n) is 4.09. The standard InChI is InChI=1S/C18H27N3O/c1-18(2)14-19(3)12-16-13-20(9-10-21(16)18)17(22)11-15-7-5-4-6-8-15/h4-8,16H,9-14H2,1-3H3/t16-/m1/s1. The lowest BCUT2D eigenvalue weighted by Gasteiger charge is -2.55. The molecule has 0 aliphatic carbocycles. The Kier molecular flexibility index (Phi) is 4.24. The topological polar surface area (TPSA) is 26.8 Å². The Labute approximate surface area is 133 Å². The van der Waals surface area contributed by atoms with Gasteiger partial charge in [-0.25, -0.2) is 0 Å². The summed E-state index contributed by atoms with van der Waals surface area (Å²) >= 11 is 0. The molecule has 0 radical (unpaired) electrons. The number of hydrogen-bond acceptors (Lipinski definition) is 3. The van der Waals surface area contributed by atoms with Crippen molar-refractivity contribution in [1.29, 1.82) is 0 Å². The normalized spacial score (nSPS) is 25.8. The largest absolute Gasteiger partial charge is 0.340 e. The molecule has 2 aliphatic heterocycles. The zero-order valence-electron chi connectivity index (χ0n) is 14.0. The van der Waals surface area contributed by atoms with Crippen molar-refractivity contribution in [2.24, 2.45) is 0 Å². The number of piperazine rings is 2. The third-order valence-corrected chi connectivity index (χ3v) is 4.99. The predicted octanol–water partition coefficient (Wildman–Crippen LogP) is 1.47. The van der Waals surface area contributed by atoms with E-state index in [1.165, 1.54) is 0 Å². The summed E-state index contributed by atoms with van der Waals surface area (Å²) in [7, 11) is 2.18. The molecule has 1 atom stereocenters. The lowest BCUT2D eigenvalue weighted by molar-refractivity contribution is -0.137. The Morgan fingerprint density at radius 3 is 2.64 bits per heavy atom. The van der Waals surface area contributed by atoms with E-state index in [2.05, 4.69) is 35.6 Å². The number of nitrogens with zero attached hydrogens (tertiary/aromatic N) is 3. The molecule has 2 fully saturated rings. The molecule has 3 rings (SSSR count). The molecule has 1 aromatic rings. The Morgan fingerprint density at radius 1 is 1.18 bits per heavy atom. The van der Waals surface area contributed by atoms with Crippen molar-refractivity contribution < 1.29 is 4.79 Å². The molecule has 4 heteroatoms. The van der Waals surface area contributed by atoms with Crippen LogP contribution < -0.4 is 0 Å². The third kappa shape index (κ3) is 3.18. The number of fused-ring (bicyclic) bond motifs is 1. The molecule has 0 N–H and O–H groups in total. The number of amides is 1. The molecule has 2 aliphatic rings. The van der Waals surface area contributed by atoms with Crippen molar-refractivity contribution in [2.45, 2.75) is 31.8 Å². The zero-order chi connectivity index (χ0) is 15.7. The second-order valence-electron chi connectivity index (χ2n) is 7.36. The minimum atomic E-state index is 0.201. The molecule has 2 heterocycles. The monoisotopic (exact) mass is 301 g/mol. The molecule has 1 amide bonds. The van der Waals surface area contributed by atoms with Gasteiger partial charge >= 0.3 is 0 Å². The summed E-state index contributed by atoms with van der Waals surface area (Å²) in [6, 6.07) is 10.5. The van der Waals surface area contributed by atoms with Gasteiger partial charge in [-0.2, -0.15) is 0 Å². The van der Waals surface area contributed by atoms with Crippen molar-refractivity contribution >= 4 is 5.91 Å². The van der Waals surface area contributed by atoms with Gasteiger partial charge in [0.25, 0.3) is 0 Å². The Balaban J connectivity index is 1.65. The minimum Gasteiger partial charge on any atom is -0.340 e. The lowest BCUT2D eigenvalue weighted by Crippen LogP contribution is -2.69. The van der Waals surface area contributed by atoms with Crippen molar-refractivity contribution in [1.82, 2.24) is 14.7 Å². The molecular weight excluding hydrogens is 274 g/mol. The first-order chi connectivity index (χ1) is 10.5. The molecule has 2 saturated heterocycles. The van der Waals surface area contributed by atoms with Crippen LogP contribution in [-0.2, 0) is 11.2 Å². The number of benzene rings is 1. The van der Waals surface area contributed by atoms with E-state index in [4.69, 9.17) is 0 Å². The van der Waals surface area contributed by atoms with Crippen LogP contribution in [0.25, 0.3) is 0 Å². The van der Waals surface area contributed by atoms with E-state index in [1.807, 2.05) is 30.3 Å². The number of carbonyl (C=O) groups excluding carboxylic acids is 1. The van der Waals surface area contributed by atoms with Gasteiger partial charge < -0.3 is 9.80 Å². The third-order valence-electron chi connectivity index (χ3n) is 4.99. The van der Waals surface area contributed by atoms with E-state index >= 15 is 0 Å². The van der Waals surface area contributed by atoms with Gasteiger partial charge in [0.15, 0.2) is 0 Å². The summed E-state index contributed by atoms with van der Waals surface area (Å²) in [5.74, 6) is 0.261. The first kappa shape index (κ1) is 15.5. The number of rotatable bonds is 2. The molecule has 1 aromatic carbocycles. The molecule has 22 heavy (non-hydrogen) atoms. The Bertz CT molecular complexity index is 528. The maximum atomic E-state index is 12.6. The van der Waals surface area contributed by atoms with Crippen LogP contribution in [0.2, 0.25) is 0 Å². The van der Waals surface area contributed by atoms with Crippen LogP contribution in [0.5, 0.6) is 0 Å². The van der Waals surface area contributed by atoms with Gasteiger partial charge in [0.2, 0.25) is 5.91 Å².